The lowest BCUT2D eigenvalue weighted by molar-refractivity contribution is -0.161. The normalized spacial score (nSPS) is 12.9. The molecule has 0 radical (unpaired) electrons. The molecule has 0 bridgehead atoms. The first-order valence-corrected chi connectivity index (χ1v) is 42.0. The maximum absolute atomic E-state index is 15.3. The zero-order valence-electron chi connectivity index (χ0n) is 73.8. The van der Waals surface area contributed by atoms with E-state index in [-0.39, 0.29) is 32.4 Å². The average Bonchev–Trinajstić information content (AvgIpc) is 0.767. The minimum absolute atomic E-state index is 0.0378. The summed E-state index contributed by atoms with van der Waals surface area (Å²) in [5.41, 5.74) is -37.0. The van der Waals surface area contributed by atoms with Gasteiger partial charge >= 0.3 is 6.09 Å². The molecule has 0 saturated heterocycles. The van der Waals surface area contributed by atoms with Crippen molar-refractivity contribution < 1.29 is 210 Å². The van der Waals surface area contributed by atoms with Crippen LogP contribution in [0.5, 0.6) is 0 Å². The van der Waals surface area contributed by atoms with Crippen molar-refractivity contribution in [3.63, 3.8) is 0 Å². The Morgan fingerprint density at radius 3 is 0.731 bits per heavy atom. The van der Waals surface area contributed by atoms with Crippen molar-refractivity contribution in [2.45, 2.75) is 113 Å². The van der Waals surface area contributed by atoms with Crippen LogP contribution in [0.1, 0.15) is 56.9 Å². The standard InChI is InChI=1S/C81H133N11O42/c93-23-69(24-94,25-95)84-59(121)79(60(122)85-70(26-96,27-97)28-98,61(123)86-71(29-99,30-100)31-101)14-8-18-131-50-78(83-58(120)13-2-1-7-17-82-68(130)134-22-57-55-11-5-3-9-53(55)21-54-10-4-6-12-56(54)57,51-132-19-15-80(62(124)87-72(32-102,33-103)34-104,63(125)88-73(35-105,36-106)37-107)64(126)89-74(38-108,39-109)40-110)52-133-20-16-81(65(127)90-75(41-111,42-112)43-113,66(128)91-76(44-114,45-115)46-116)67(129)92-77(47-117,48-118)49-119/h3-6,9-12,21,93-119H,1-2,7-8,13-20,22-52H2,(H,82,130)(H,83,120)(H,84,121)(H,85,122)(H,86,123)(H,87,124)(H,88,125)(H,89,126)(H,90,127)(H,91,128)(H,92,129). The van der Waals surface area contributed by atoms with E-state index in [9.17, 15) is 143 Å². The Morgan fingerprint density at radius 2 is 0.485 bits per heavy atom. The highest BCUT2D eigenvalue weighted by atomic mass is 16.5. The zero-order chi connectivity index (χ0) is 101. The minimum atomic E-state index is -3.76. The van der Waals surface area contributed by atoms with Crippen LogP contribution in [-0.4, -0.2) is 483 Å². The molecule has 53 nitrogen and oxygen atoms in total. The fourth-order valence-electron chi connectivity index (χ4n) is 13.0. The van der Waals surface area contributed by atoms with Crippen LogP contribution in [0.3, 0.4) is 0 Å². The molecule has 764 valence electrons. The molecule has 0 saturated carbocycles. The largest absolute Gasteiger partial charge is 0.445 e. The molecule has 3 aromatic rings. The molecule has 3 rings (SSSR count). The van der Waals surface area contributed by atoms with E-state index < -0.39 is 387 Å². The van der Waals surface area contributed by atoms with Crippen molar-refractivity contribution in [3.05, 3.63) is 60.2 Å². The second-order valence-electron chi connectivity index (χ2n) is 33.3. The van der Waals surface area contributed by atoms with Gasteiger partial charge in [-0.25, -0.2) is 4.79 Å². The van der Waals surface area contributed by atoms with E-state index in [1.807, 2.05) is 90.3 Å². The number of carbonyl (C=O) groups is 11. The number of fused-ring (bicyclic) bond motifs is 2. The molecule has 0 heterocycles. The highest BCUT2D eigenvalue weighted by Gasteiger charge is 2.61. The van der Waals surface area contributed by atoms with Crippen LogP contribution >= 0.6 is 0 Å². The number of hydrogen-bond acceptors (Lipinski definition) is 42. The third-order valence-electron chi connectivity index (χ3n) is 23.3. The van der Waals surface area contributed by atoms with E-state index in [4.69, 9.17) is 18.9 Å². The number of rotatable bonds is 70. The van der Waals surface area contributed by atoms with Crippen LogP contribution in [0.4, 0.5) is 4.79 Å². The zero-order valence-corrected chi connectivity index (χ0v) is 73.8. The van der Waals surface area contributed by atoms with Crippen molar-refractivity contribution in [2.24, 2.45) is 16.2 Å². The van der Waals surface area contributed by atoms with Crippen LogP contribution in [0.15, 0.2) is 54.6 Å². The maximum atomic E-state index is 15.3. The predicted molar refractivity (Wildman–Crippen MR) is 456 cm³/mol. The van der Waals surface area contributed by atoms with Gasteiger partial charge in [-0.05, 0) is 53.3 Å². The Morgan fingerprint density at radius 1 is 0.254 bits per heavy atom. The maximum Gasteiger partial charge on any atom is 0.407 e. The summed E-state index contributed by atoms with van der Waals surface area (Å²) in [6, 6.07) is 16.6. The molecule has 0 aliphatic rings. The van der Waals surface area contributed by atoms with Crippen LogP contribution in [0, 0.1) is 16.2 Å². The number of benzene rings is 3. The van der Waals surface area contributed by atoms with Crippen LogP contribution in [0.2, 0.25) is 0 Å². The van der Waals surface area contributed by atoms with Crippen molar-refractivity contribution in [1.29, 1.82) is 0 Å². The summed E-state index contributed by atoms with van der Waals surface area (Å²) in [6.45, 7) is -46.7. The summed E-state index contributed by atoms with van der Waals surface area (Å²) < 4.78 is 24.2. The molecular formula is C81H133N11O42. The molecule has 0 aliphatic heterocycles. The van der Waals surface area contributed by atoms with E-state index in [0.717, 1.165) is 21.5 Å². The van der Waals surface area contributed by atoms with Crippen LogP contribution < -0.4 is 58.5 Å². The molecular weight excluding hydrogens is 1800 g/mol. The summed E-state index contributed by atoms with van der Waals surface area (Å²) in [5.74, 6) is -19.1. The number of unbranched alkanes of at least 4 members (excludes halogenated alkanes) is 2. The first-order chi connectivity index (χ1) is 63.7. The molecule has 0 aliphatic carbocycles. The minimum Gasteiger partial charge on any atom is -0.445 e. The van der Waals surface area contributed by atoms with E-state index in [1.54, 1.807) is 12.1 Å². The fraction of sp³-hybridized carbons (Fsp3) is 0.691. The number of amides is 11. The molecule has 38 N–H and O–H groups in total. The Bertz CT molecular complexity index is 3700. The highest BCUT2D eigenvalue weighted by Crippen LogP contribution is 2.35. The third kappa shape index (κ3) is 28.8. The molecule has 0 unspecified atom stereocenters. The van der Waals surface area contributed by atoms with Crippen molar-refractivity contribution in [2.75, 3.05) is 225 Å². The lowest BCUT2D eigenvalue weighted by atomic mass is 9.77. The van der Waals surface area contributed by atoms with Crippen molar-refractivity contribution >= 4 is 86.7 Å². The van der Waals surface area contributed by atoms with Gasteiger partial charge in [-0.2, -0.15) is 0 Å². The van der Waals surface area contributed by atoms with E-state index in [1.165, 1.54) is 0 Å². The second-order valence-corrected chi connectivity index (χ2v) is 33.3. The number of aliphatic hydroxyl groups is 27. The van der Waals surface area contributed by atoms with Gasteiger partial charge in [-0.1, -0.05) is 55.0 Å². The summed E-state index contributed by atoms with van der Waals surface area (Å²) in [4.78, 5) is 166. The molecule has 0 spiro atoms. The topological polar surface area (TPSA) is 903 Å². The molecule has 0 aromatic heterocycles. The van der Waals surface area contributed by atoms with Gasteiger partial charge in [0.15, 0.2) is 0 Å². The van der Waals surface area contributed by atoms with Crippen LogP contribution in [-0.2, 0) is 73.5 Å². The second kappa shape index (κ2) is 55.4. The van der Waals surface area contributed by atoms with Crippen molar-refractivity contribution in [1.82, 2.24) is 58.5 Å². The lowest BCUT2D eigenvalue weighted by Gasteiger charge is -2.41. The number of hydrogen-bond donors (Lipinski definition) is 38. The van der Waals surface area contributed by atoms with Gasteiger partial charge in [0.2, 0.25) is 75.3 Å². The van der Waals surface area contributed by atoms with Gasteiger partial charge in [0, 0.05) is 51.2 Å². The summed E-state index contributed by atoms with van der Waals surface area (Å²) in [5, 5.41) is 309. The van der Waals surface area contributed by atoms with Crippen LogP contribution in [0.25, 0.3) is 21.5 Å². The van der Waals surface area contributed by atoms with Gasteiger partial charge < -0.3 is 215 Å². The summed E-state index contributed by atoms with van der Waals surface area (Å²) >= 11 is 0. The SMILES string of the molecule is O=C(CCCCCNC(=O)OCc1c2ccccc2cc2ccccc12)NC(COCCCC(C(=O)NC(CO)(CO)CO)(C(=O)NC(CO)(CO)CO)C(=O)NC(CO)(CO)CO)(COCCC(C(=O)NC(CO)(CO)CO)(C(=O)NC(CO)(CO)CO)C(=O)NC(CO)(CO)CO)COCCC(C(=O)NC(CO)(CO)CO)(C(=O)NC(CO)(CO)CO)C(=O)NC(CO)(CO)CO. The molecule has 0 fully saturated rings. The Kier molecular flexibility index (Phi) is 49.2. The number of ether oxygens (including phenoxy) is 4. The highest BCUT2D eigenvalue weighted by molar-refractivity contribution is 6.25. The first-order valence-electron chi connectivity index (χ1n) is 42.0. The van der Waals surface area contributed by atoms with E-state index >= 15 is 47.9 Å². The number of aliphatic hydroxyl groups excluding tert-OH is 27. The molecule has 0 atom stereocenters. The summed E-state index contributed by atoms with van der Waals surface area (Å²) in [6.07, 6.45) is -7.04. The number of alkyl carbamates (subject to hydrolysis) is 1. The predicted octanol–water partition coefficient (Wildman–Crippen LogP) is -18.3. The van der Waals surface area contributed by atoms with Gasteiger partial charge in [-0.15, -0.1) is 0 Å². The summed E-state index contributed by atoms with van der Waals surface area (Å²) in [7, 11) is 0. The molecule has 53 heteroatoms. The monoisotopic (exact) mass is 1930 g/mol. The van der Waals surface area contributed by atoms with E-state index in [2.05, 4.69) is 10.6 Å². The average molecular weight is 1930 g/mol. The number of nitrogens with one attached hydrogen (secondary N) is 11. The van der Waals surface area contributed by atoms with Gasteiger partial charge in [0.25, 0.3) is 0 Å². The third-order valence-corrected chi connectivity index (χ3v) is 23.3. The van der Waals surface area contributed by atoms with Gasteiger partial charge in [0.05, 0.1) is 198 Å². The fourth-order valence-corrected chi connectivity index (χ4v) is 13.0. The Balaban J connectivity index is 2.65. The van der Waals surface area contributed by atoms with Crippen molar-refractivity contribution in [3.8, 4) is 0 Å². The number of carbonyl (C=O) groups excluding carboxylic acids is 11. The molecule has 134 heavy (non-hydrogen) atoms. The van der Waals surface area contributed by atoms with E-state index in [0.29, 0.717) is 5.56 Å². The van der Waals surface area contributed by atoms with Gasteiger partial charge in [-0.3, -0.25) is 47.9 Å². The van der Waals surface area contributed by atoms with Gasteiger partial charge in [0.1, 0.15) is 62.0 Å². The smallest absolute Gasteiger partial charge is 0.407 e. The Labute approximate surface area is 766 Å². The molecule has 3 aromatic carbocycles. The first kappa shape index (κ1) is 119. The molecule has 11 amide bonds. The quantitative estimate of drug-likeness (QED) is 0.0142. The Hall–Kier alpha value is -9.05. The lowest BCUT2D eigenvalue weighted by Crippen LogP contribution is -2.71.